The molecule has 1 rings (SSSR count). The maximum atomic E-state index is 12.2. The Morgan fingerprint density at radius 1 is 1.36 bits per heavy atom. The van der Waals surface area contributed by atoms with Gasteiger partial charge in [0.2, 0.25) is 0 Å². The molecule has 22 heavy (non-hydrogen) atoms. The van der Waals surface area contributed by atoms with Crippen LogP contribution in [0.1, 0.15) is 25.8 Å². The van der Waals surface area contributed by atoms with Gasteiger partial charge in [-0.15, -0.1) is 0 Å². The van der Waals surface area contributed by atoms with E-state index in [1.807, 2.05) is 31.2 Å². The lowest BCUT2D eigenvalue weighted by atomic mass is 10.2. The maximum Gasteiger partial charge on any atom is 0.323 e. The van der Waals surface area contributed by atoms with Crippen LogP contribution in [0.3, 0.4) is 0 Å². The van der Waals surface area contributed by atoms with Crippen molar-refractivity contribution >= 4 is 11.9 Å². The van der Waals surface area contributed by atoms with E-state index in [4.69, 9.17) is 14.6 Å². The fourth-order valence-electron chi connectivity index (χ4n) is 2.01. The fraction of sp³-hybridized carbons (Fsp3) is 0.500. The third-order valence-electron chi connectivity index (χ3n) is 3.11. The number of carboxylic acid groups (broad SMARTS) is 1. The molecule has 0 saturated heterocycles. The molecule has 0 saturated carbocycles. The average molecular weight is 309 g/mol. The van der Waals surface area contributed by atoms with E-state index in [0.717, 1.165) is 11.3 Å². The van der Waals surface area contributed by atoms with Crippen molar-refractivity contribution in [3.05, 3.63) is 29.8 Å². The van der Waals surface area contributed by atoms with Crippen LogP contribution < -0.4 is 4.74 Å². The molecule has 1 N–H and O–H groups in total. The van der Waals surface area contributed by atoms with Gasteiger partial charge in [-0.25, -0.2) is 0 Å². The summed E-state index contributed by atoms with van der Waals surface area (Å²) in [4.78, 5) is 24.3. The second-order valence-electron chi connectivity index (χ2n) is 4.96. The van der Waals surface area contributed by atoms with Gasteiger partial charge in [0.25, 0.3) is 5.91 Å². The molecule has 0 aliphatic carbocycles. The molecule has 6 heteroatoms. The van der Waals surface area contributed by atoms with Crippen molar-refractivity contribution in [1.29, 1.82) is 0 Å². The van der Waals surface area contributed by atoms with Crippen LogP contribution in [0.25, 0.3) is 0 Å². The Morgan fingerprint density at radius 2 is 2.09 bits per heavy atom. The Bertz CT molecular complexity index is 503. The minimum absolute atomic E-state index is 0.261. The second-order valence-corrected chi connectivity index (χ2v) is 4.96. The van der Waals surface area contributed by atoms with Crippen molar-refractivity contribution in [2.24, 2.45) is 0 Å². The molecule has 0 aliphatic rings. The normalized spacial score (nSPS) is 11.8. The molecule has 1 aromatic carbocycles. The van der Waals surface area contributed by atoms with Gasteiger partial charge in [-0.2, -0.15) is 0 Å². The first-order valence-electron chi connectivity index (χ1n) is 7.23. The summed E-state index contributed by atoms with van der Waals surface area (Å²) >= 11 is 0. The number of benzene rings is 1. The number of amides is 1. The Kier molecular flexibility index (Phi) is 7.39. The van der Waals surface area contributed by atoms with Crippen LogP contribution in [0.15, 0.2) is 24.3 Å². The number of rotatable bonds is 9. The van der Waals surface area contributed by atoms with E-state index in [2.05, 4.69) is 0 Å². The first-order valence-corrected chi connectivity index (χ1v) is 7.23. The van der Waals surface area contributed by atoms with Crippen LogP contribution in [0, 0.1) is 0 Å². The maximum absolute atomic E-state index is 12.2. The SMILES string of the molecule is CCCN(CC(=O)O)C(=O)C(C)OCc1cccc(OC)c1. The third-order valence-corrected chi connectivity index (χ3v) is 3.11. The van der Waals surface area contributed by atoms with E-state index in [1.54, 1.807) is 14.0 Å². The Hall–Kier alpha value is -2.08. The highest BCUT2D eigenvalue weighted by atomic mass is 16.5. The van der Waals surface area contributed by atoms with Gasteiger partial charge in [0.15, 0.2) is 0 Å². The number of nitrogens with zero attached hydrogens (tertiary/aromatic N) is 1. The number of carbonyl (C=O) groups is 2. The smallest absolute Gasteiger partial charge is 0.323 e. The van der Waals surface area contributed by atoms with Gasteiger partial charge in [0.05, 0.1) is 13.7 Å². The fourth-order valence-corrected chi connectivity index (χ4v) is 2.01. The lowest BCUT2D eigenvalue weighted by Gasteiger charge is -2.23. The highest BCUT2D eigenvalue weighted by Gasteiger charge is 2.22. The topological polar surface area (TPSA) is 76.1 Å². The van der Waals surface area contributed by atoms with Gasteiger partial charge in [-0.3, -0.25) is 9.59 Å². The van der Waals surface area contributed by atoms with Crippen molar-refractivity contribution in [3.63, 3.8) is 0 Å². The molecule has 1 amide bonds. The minimum atomic E-state index is -1.03. The highest BCUT2D eigenvalue weighted by molar-refractivity contribution is 5.84. The molecule has 1 aromatic rings. The van der Waals surface area contributed by atoms with E-state index < -0.39 is 12.1 Å². The molecule has 0 fully saturated rings. The molecule has 0 radical (unpaired) electrons. The van der Waals surface area contributed by atoms with E-state index in [-0.39, 0.29) is 19.1 Å². The van der Waals surface area contributed by atoms with Crippen LogP contribution in [0.4, 0.5) is 0 Å². The van der Waals surface area contributed by atoms with Crippen LogP contribution in [0.5, 0.6) is 5.75 Å². The summed E-state index contributed by atoms with van der Waals surface area (Å²) in [5, 5.41) is 8.86. The van der Waals surface area contributed by atoms with Crippen molar-refractivity contribution in [1.82, 2.24) is 4.90 Å². The number of hydrogen-bond acceptors (Lipinski definition) is 4. The molecule has 122 valence electrons. The summed E-state index contributed by atoms with van der Waals surface area (Å²) < 4.78 is 10.7. The summed E-state index contributed by atoms with van der Waals surface area (Å²) in [6, 6.07) is 7.38. The van der Waals surface area contributed by atoms with Crippen molar-refractivity contribution < 1.29 is 24.2 Å². The summed E-state index contributed by atoms with van der Waals surface area (Å²) in [5.41, 5.74) is 0.888. The number of hydrogen-bond donors (Lipinski definition) is 1. The van der Waals surface area contributed by atoms with Gasteiger partial charge in [-0.05, 0) is 31.0 Å². The Balaban J connectivity index is 2.59. The van der Waals surface area contributed by atoms with Crippen molar-refractivity contribution in [2.75, 3.05) is 20.2 Å². The number of methoxy groups -OCH3 is 1. The molecule has 0 bridgehead atoms. The number of ether oxygens (including phenoxy) is 2. The first kappa shape index (κ1) is 18.0. The highest BCUT2D eigenvalue weighted by Crippen LogP contribution is 2.14. The molecule has 0 heterocycles. The minimum Gasteiger partial charge on any atom is -0.497 e. The van der Waals surface area contributed by atoms with Crippen LogP contribution in [0.2, 0.25) is 0 Å². The van der Waals surface area contributed by atoms with Gasteiger partial charge in [-0.1, -0.05) is 19.1 Å². The van der Waals surface area contributed by atoms with E-state index in [1.165, 1.54) is 4.90 Å². The zero-order valence-electron chi connectivity index (χ0n) is 13.2. The van der Waals surface area contributed by atoms with Gasteiger partial charge >= 0.3 is 5.97 Å². The lowest BCUT2D eigenvalue weighted by molar-refractivity contribution is -0.150. The molecule has 6 nitrogen and oxygen atoms in total. The zero-order chi connectivity index (χ0) is 16.5. The predicted octanol–water partition coefficient (Wildman–Crippen LogP) is 1.92. The summed E-state index contributed by atoms with van der Waals surface area (Å²) in [6.45, 7) is 3.88. The molecular formula is C16H23NO5. The lowest BCUT2D eigenvalue weighted by Crippen LogP contribution is -2.42. The van der Waals surface area contributed by atoms with E-state index in [9.17, 15) is 9.59 Å². The molecule has 1 atom stereocenters. The van der Waals surface area contributed by atoms with Crippen LogP contribution in [-0.4, -0.2) is 48.2 Å². The molecule has 0 spiro atoms. The van der Waals surface area contributed by atoms with Gasteiger partial charge in [0, 0.05) is 6.54 Å². The quantitative estimate of drug-likeness (QED) is 0.754. The molecule has 0 aliphatic heterocycles. The third kappa shape index (κ3) is 5.73. The molecular weight excluding hydrogens is 286 g/mol. The summed E-state index contributed by atoms with van der Waals surface area (Å²) in [7, 11) is 1.58. The van der Waals surface area contributed by atoms with E-state index in [0.29, 0.717) is 13.0 Å². The molecule has 1 unspecified atom stereocenters. The Labute approximate surface area is 130 Å². The van der Waals surface area contributed by atoms with Crippen molar-refractivity contribution in [3.8, 4) is 5.75 Å². The predicted molar refractivity (Wildman–Crippen MR) is 81.8 cm³/mol. The van der Waals surface area contributed by atoms with Crippen LogP contribution in [-0.2, 0) is 20.9 Å². The average Bonchev–Trinajstić information content (AvgIpc) is 2.51. The standard InChI is InChI=1S/C16H23NO5/c1-4-8-17(10-15(18)19)16(20)12(2)22-11-13-6-5-7-14(9-13)21-3/h5-7,9,12H,4,8,10-11H2,1-3H3,(H,18,19). The Morgan fingerprint density at radius 3 is 2.68 bits per heavy atom. The van der Waals surface area contributed by atoms with Crippen molar-refractivity contribution in [2.45, 2.75) is 33.0 Å². The largest absolute Gasteiger partial charge is 0.497 e. The summed E-state index contributed by atoms with van der Waals surface area (Å²) in [5.74, 6) is -0.618. The monoisotopic (exact) mass is 309 g/mol. The number of carbonyl (C=O) groups excluding carboxylic acids is 1. The first-order chi connectivity index (χ1) is 10.5. The number of carboxylic acids is 1. The van der Waals surface area contributed by atoms with Gasteiger partial charge in [0.1, 0.15) is 18.4 Å². The number of aliphatic carboxylic acids is 1. The summed E-state index contributed by atoms with van der Waals surface area (Å²) in [6.07, 6.45) is -0.00107. The van der Waals surface area contributed by atoms with E-state index >= 15 is 0 Å². The molecule has 0 aromatic heterocycles. The van der Waals surface area contributed by atoms with Crippen LogP contribution >= 0.6 is 0 Å². The van der Waals surface area contributed by atoms with Gasteiger partial charge < -0.3 is 19.5 Å². The second kappa shape index (κ2) is 9.04. The zero-order valence-corrected chi connectivity index (χ0v) is 13.2.